The van der Waals surface area contributed by atoms with E-state index >= 15 is 0 Å². The molecule has 4 N–H and O–H groups in total. The summed E-state index contributed by atoms with van der Waals surface area (Å²) in [6.45, 7) is 0. The van der Waals surface area contributed by atoms with Crippen LogP contribution in [0.5, 0.6) is 0 Å². The number of anilines is 1. The Kier molecular flexibility index (Phi) is 8.91. The van der Waals surface area contributed by atoms with Crippen molar-refractivity contribution in [2.24, 2.45) is 0 Å². The lowest BCUT2D eigenvalue weighted by Crippen LogP contribution is -2.31. The quantitative estimate of drug-likeness (QED) is 0.387. The van der Waals surface area contributed by atoms with E-state index in [0.717, 1.165) is 18.2 Å². The summed E-state index contributed by atoms with van der Waals surface area (Å²) < 4.78 is 51.4. The number of amides is 1. The maximum Gasteiger partial charge on any atom is 0.338 e. The Hall–Kier alpha value is -2.84. The van der Waals surface area contributed by atoms with Crippen molar-refractivity contribution in [2.75, 3.05) is 5.73 Å². The Labute approximate surface area is 211 Å². The molecule has 10 nitrogen and oxygen atoms in total. The molecule has 3 rings (SSSR count). The second-order valence-corrected chi connectivity index (χ2v) is 8.95. The largest absolute Gasteiger partial charge is 0.478 e. The fourth-order valence-electron chi connectivity index (χ4n) is 2.01. The van der Waals surface area contributed by atoms with E-state index in [1.54, 1.807) is 4.72 Å². The van der Waals surface area contributed by atoms with E-state index in [1.165, 1.54) is 12.1 Å². The van der Waals surface area contributed by atoms with Crippen LogP contribution in [0.2, 0.25) is 20.5 Å². The molecular formula is C17H11Cl4F2N5O5S. The number of carboxylic acid groups (broad SMARTS) is 1. The van der Waals surface area contributed by atoms with Gasteiger partial charge in [-0.15, -0.1) is 0 Å². The van der Waals surface area contributed by atoms with Gasteiger partial charge in [-0.05, 0) is 24.3 Å². The van der Waals surface area contributed by atoms with Crippen LogP contribution >= 0.6 is 46.4 Å². The number of sulfonamides is 1. The summed E-state index contributed by atoms with van der Waals surface area (Å²) in [5.41, 5.74) is 4.57. The Morgan fingerprint density at radius 3 is 2.18 bits per heavy atom. The third-order valence-electron chi connectivity index (χ3n) is 3.50. The summed E-state index contributed by atoms with van der Waals surface area (Å²) in [4.78, 5) is 32.3. The van der Waals surface area contributed by atoms with E-state index in [1.807, 2.05) is 0 Å². The fraction of sp³-hybridized carbons (Fsp3) is 0. The molecule has 0 saturated heterocycles. The second kappa shape index (κ2) is 11.1. The predicted octanol–water partition coefficient (Wildman–Crippen LogP) is 4.10. The van der Waals surface area contributed by atoms with Crippen LogP contribution in [0.4, 0.5) is 14.6 Å². The summed E-state index contributed by atoms with van der Waals surface area (Å²) in [5, 5.41) is 6.21. The van der Waals surface area contributed by atoms with E-state index in [4.69, 9.17) is 57.2 Å². The lowest BCUT2D eigenvalue weighted by Gasteiger charge is -2.08. The molecule has 3 heterocycles. The van der Waals surface area contributed by atoms with Gasteiger partial charge in [0.1, 0.15) is 16.1 Å². The Morgan fingerprint density at radius 2 is 1.59 bits per heavy atom. The first-order chi connectivity index (χ1) is 15.7. The number of hydrogen-bond donors (Lipinski definition) is 3. The average Bonchev–Trinajstić information content (AvgIpc) is 2.73. The summed E-state index contributed by atoms with van der Waals surface area (Å²) in [5.74, 6) is -4.51. The molecule has 0 aromatic carbocycles. The van der Waals surface area contributed by atoms with Gasteiger partial charge in [-0.1, -0.05) is 52.5 Å². The number of carbonyl (C=O) groups excluding carboxylic acids is 1. The maximum atomic E-state index is 13.1. The van der Waals surface area contributed by atoms with Gasteiger partial charge >= 0.3 is 5.97 Å². The molecule has 0 spiro atoms. The zero-order valence-corrected chi connectivity index (χ0v) is 19.9. The van der Waals surface area contributed by atoms with Gasteiger partial charge in [-0.25, -0.2) is 28.9 Å². The maximum absolute atomic E-state index is 13.1. The number of nitrogens with zero attached hydrogens (tertiary/aromatic N) is 3. The van der Waals surface area contributed by atoms with Crippen molar-refractivity contribution in [3.63, 3.8) is 0 Å². The van der Waals surface area contributed by atoms with Crippen molar-refractivity contribution in [3.8, 4) is 0 Å². The first-order valence-electron chi connectivity index (χ1n) is 8.29. The van der Waals surface area contributed by atoms with E-state index in [2.05, 4.69) is 15.0 Å². The number of carbonyl (C=O) groups is 2. The average molecular weight is 577 g/mol. The molecule has 0 radical (unpaired) electrons. The van der Waals surface area contributed by atoms with Gasteiger partial charge in [-0.2, -0.15) is 12.8 Å². The molecule has 0 atom stereocenters. The molecule has 0 aliphatic heterocycles. The third kappa shape index (κ3) is 6.84. The Balaban J connectivity index is 0.000000401. The Bertz CT molecular complexity index is 1400. The number of aromatic carboxylic acids is 1. The van der Waals surface area contributed by atoms with Crippen molar-refractivity contribution in [1.29, 1.82) is 0 Å². The predicted molar refractivity (Wildman–Crippen MR) is 121 cm³/mol. The third-order valence-corrected chi connectivity index (χ3v) is 5.83. The van der Waals surface area contributed by atoms with E-state index < -0.39 is 65.1 Å². The van der Waals surface area contributed by atoms with E-state index in [-0.39, 0.29) is 12.4 Å². The van der Waals surface area contributed by atoms with Crippen LogP contribution in [0.3, 0.4) is 0 Å². The van der Waals surface area contributed by atoms with Crippen molar-refractivity contribution in [1.82, 2.24) is 19.7 Å². The van der Waals surface area contributed by atoms with Crippen LogP contribution < -0.4 is 10.5 Å². The molecule has 0 aliphatic carbocycles. The van der Waals surface area contributed by atoms with Crippen LogP contribution in [-0.4, -0.2) is 40.4 Å². The highest BCUT2D eigenvalue weighted by Crippen LogP contribution is 2.22. The molecule has 1 amide bonds. The number of nitrogens with one attached hydrogen (secondary N) is 1. The fourth-order valence-corrected chi connectivity index (χ4v) is 3.72. The van der Waals surface area contributed by atoms with E-state index in [9.17, 15) is 26.8 Å². The summed E-state index contributed by atoms with van der Waals surface area (Å²) in [7, 11) is -4.28. The minimum absolute atomic E-state index is 0. The van der Waals surface area contributed by atoms with Gasteiger partial charge < -0.3 is 10.8 Å². The van der Waals surface area contributed by atoms with Gasteiger partial charge in [0.05, 0.1) is 16.1 Å². The van der Waals surface area contributed by atoms with Gasteiger partial charge in [0.25, 0.3) is 15.9 Å². The molecule has 17 heteroatoms. The first-order valence-corrected chi connectivity index (χ1v) is 11.3. The standard InChI is InChI=1S/C11H7Cl2FN4O3S.C6H2Cl2FNO2.H2/c12-6-4-5(9(13)17-10(6)14)11(19)18-22(20,21)8-3-1-2-7(15)16-8;7-4-2(6(11)12)1-3(9)5(8)10-4;/h1-4H,(H2,15,16)(H,18,19);1H,(H,11,12);1H. The zero-order valence-electron chi connectivity index (χ0n) is 16.1. The minimum Gasteiger partial charge on any atom is -0.478 e. The normalized spacial score (nSPS) is 10.8. The van der Waals surface area contributed by atoms with Gasteiger partial charge in [0, 0.05) is 1.43 Å². The number of carboxylic acids is 1. The van der Waals surface area contributed by atoms with Crippen molar-refractivity contribution >= 4 is 74.1 Å². The molecule has 3 aromatic heterocycles. The second-order valence-electron chi connectivity index (χ2n) is 5.84. The number of nitrogen functional groups attached to an aromatic ring is 1. The molecule has 3 aromatic rings. The number of hydrogen-bond acceptors (Lipinski definition) is 8. The van der Waals surface area contributed by atoms with Crippen molar-refractivity contribution in [2.45, 2.75) is 5.03 Å². The first kappa shape index (κ1) is 27.4. The molecule has 0 aliphatic rings. The highest BCUT2D eigenvalue weighted by Gasteiger charge is 2.23. The summed E-state index contributed by atoms with van der Waals surface area (Å²) in [6.07, 6.45) is 0. The van der Waals surface area contributed by atoms with Crippen LogP contribution in [0.25, 0.3) is 0 Å². The molecule has 0 unspecified atom stereocenters. The van der Waals surface area contributed by atoms with Gasteiger partial charge in [0.2, 0.25) is 5.95 Å². The molecular weight excluding hydrogens is 566 g/mol. The molecule has 0 fully saturated rings. The molecule has 0 bridgehead atoms. The van der Waals surface area contributed by atoms with E-state index in [0.29, 0.717) is 0 Å². The highest BCUT2D eigenvalue weighted by molar-refractivity contribution is 7.90. The van der Waals surface area contributed by atoms with Crippen molar-refractivity contribution in [3.05, 3.63) is 73.7 Å². The minimum atomic E-state index is -4.28. The highest BCUT2D eigenvalue weighted by atomic mass is 35.5. The van der Waals surface area contributed by atoms with Crippen LogP contribution in [-0.2, 0) is 10.0 Å². The Morgan fingerprint density at radius 1 is 0.971 bits per heavy atom. The lowest BCUT2D eigenvalue weighted by atomic mass is 10.3. The number of rotatable bonds is 4. The lowest BCUT2D eigenvalue weighted by molar-refractivity contribution is 0.0695. The number of nitrogens with two attached hydrogens (primary N) is 1. The monoisotopic (exact) mass is 575 g/mol. The summed E-state index contributed by atoms with van der Waals surface area (Å²) in [6, 6.07) is 5.46. The number of halogens is 6. The molecule has 0 saturated carbocycles. The molecule has 34 heavy (non-hydrogen) atoms. The smallest absolute Gasteiger partial charge is 0.338 e. The zero-order chi connectivity index (χ0) is 25.8. The van der Waals surface area contributed by atoms with Crippen molar-refractivity contribution < 1.29 is 33.3 Å². The van der Waals surface area contributed by atoms with Gasteiger partial charge in [-0.3, -0.25) is 4.79 Å². The number of aromatic nitrogens is 3. The summed E-state index contributed by atoms with van der Waals surface area (Å²) >= 11 is 21.7. The topological polar surface area (TPSA) is 165 Å². The SMILES string of the molecule is Nc1cccc(S(=O)(=O)NC(=O)c2cc(Cl)c(F)nc2Cl)n1.O=C(O)c1cc(F)c(Cl)nc1Cl.[HH]. The van der Waals surface area contributed by atoms with Crippen LogP contribution in [0, 0.1) is 11.8 Å². The van der Waals surface area contributed by atoms with Crippen LogP contribution in [0.1, 0.15) is 22.1 Å². The van der Waals surface area contributed by atoms with Crippen LogP contribution in [0.15, 0.2) is 35.4 Å². The molecule has 182 valence electrons. The van der Waals surface area contributed by atoms with Gasteiger partial charge in [0.15, 0.2) is 16.0 Å². The number of pyridine rings is 3.